The largest absolute Gasteiger partial charge is 0.403 e. The van der Waals surface area contributed by atoms with E-state index in [1.54, 1.807) is 12.3 Å². The Morgan fingerprint density at radius 1 is 1.67 bits per heavy atom. The van der Waals surface area contributed by atoms with Crippen molar-refractivity contribution in [2.75, 3.05) is 0 Å². The summed E-state index contributed by atoms with van der Waals surface area (Å²) in [6.07, 6.45) is 6.25. The molecule has 0 aromatic carbocycles. The van der Waals surface area contributed by atoms with Gasteiger partial charge in [0, 0.05) is 12.4 Å². The average Bonchev–Trinajstić information content (AvgIpc) is 1.89. The highest BCUT2D eigenvalue weighted by atomic mass is 15.4. The summed E-state index contributed by atoms with van der Waals surface area (Å²) in [6, 6.07) is 0. The second-order valence-corrected chi connectivity index (χ2v) is 1.58. The summed E-state index contributed by atoms with van der Waals surface area (Å²) in [6.45, 7) is 0. The first-order chi connectivity index (χ1) is 4.34. The third-order valence-electron chi connectivity index (χ3n) is 0.991. The Hall–Kier alpha value is -1.29. The summed E-state index contributed by atoms with van der Waals surface area (Å²) in [5.74, 6) is 5.37. The molecule has 1 rings (SSSR count). The maximum Gasteiger partial charge on any atom is 0.110 e. The van der Waals surface area contributed by atoms with Gasteiger partial charge in [-0.2, -0.15) is 0 Å². The fourth-order valence-electron chi connectivity index (χ4n) is 0.524. The summed E-state index contributed by atoms with van der Waals surface area (Å²) in [4.78, 5) is 3.76. The van der Waals surface area contributed by atoms with Crippen LogP contribution in [0, 0.1) is 0 Å². The van der Waals surface area contributed by atoms with Crippen molar-refractivity contribution < 1.29 is 0 Å². The number of nitrogens with two attached hydrogens (primary N) is 2. The van der Waals surface area contributed by atoms with Crippen molar-refractivity contribution in [1.29, 1.82) is 0 Å². The van der Waals surface area contributed by atoms with Crippen molar-refractivity contribution in [2.45, 2.75) is 0 Å². The van der Waals surface area contributed by atoms with Gasteiger partial charge >= 0.3 is 0 Å². The van der Waals surface area contributed by atoms with Gasteiger partial charge in [-0.05, 0) is 6.08 Å². The minimum absolute atomic E-state index is 0.741. The van der Waals surface area contributed by atoms with E-state index in [4.69, 9.17) is 11.6 Å². The SMILES string of the molecule is N/C=C1/C=CN=CN1N. The van der Waals surface area contributed by atoms with Crippen LogP contribution in [-0.2, 0) is 0 Å². The highest BCUT2D eigenvalue weighted by molar-refractivity contribution is 5.61. The van der Waals surface area contributed by atoms with Gasteiger partial charge in [0.2, 0.25) is 0 Å². The Kier molecular flexibility index (Phi) is 1.51. The molecule has 0 spiro atoms. The Morgan fingerprint density at radius 3 is 2.89 bits per heavy atom. The lowest BCUT2D eigenvalue weighted by Gasteiger charge is -2.14. The van der Waals surface area contributed by atoms with Crippen molar-refractivity contribution in [3.63, 3.8) is 0 Å². The number of rotatable bonds is 0. The molecular weight excluding hydrogens is 116 g/mol. The number of hydrogen-bond donors (Lipinski definition) is 2. The van der Waals surface area contributed by atoms with E-state index in [0.717, 1.165) is 5.70 Å². The van der Waals surface area contributed by atoms with Crippen LogP contribution in [0.15, 0.2) is 29.2 Å². The van der Waals surface area contributed by atoms with Crippen LogP contribution < -0.4 is 11.6 Å². The molecule has 0 radical (unpaired) electrons. The first kappa shape index (κ1) is 5.84. The molecule has 4 heteroatoms. The molecular formula is C5H8N4. The maximum atomic E-state index is 5.37. The van der Waals surface area contributed by atoms with Crippen LogP contribution in [0.4, 0.5) is 0 Å². The van der Waals surface area contributed by atoms with Gasteiger partial charge in [0.25, 0.3) is 0 Å². The summed E-state index contributed by atoms with van der Waals surface area (Å²) in [5.41, 5.74) is 5.94. The van der Waals surface area contributed by atoms with E-state index in [1.807, 2.05) is 0 Å². The molecule has 0 saturated heterocycles. The first-order valence-corrected chi connectivity index (χ1v) is 2.50. The molecule has 4 nitrogen and oxygen atoms in total. The molecule has 0 amide bonds. The van der Waals surface area contributed by atoms with Gasteiger partial charge in [0.1, 0.15) is 6.34 Å². The van der Waals surface area contributed by atoms with Crippen LogP contribution in [0.5, 0.6) is 0 Å². The van der Waals surface area contributed by atoms with E-state index >= 15 is 0 Å². The van der Waals surface area contributed by atoms with Crippen LogP contribution in [0.25, 0.3) is 0 Å². The minimum atomic E-state index is 0.741. The molecule has 9 heavy (non-hydrogen) atoms. The topological polar surface area (TPSA) is 67.6 Å². The number of hydrazine groups is 1. The van der Waals surface area contributed by atoms with Crippen LogP contribution in [-0.4, -0.2) is 11.3 Å². The Balaban J connectivity index is 2.78. The van der Waals surface area contributed by atoms with E-state index < -0.39 is 0 Å². The van der Waals surface area contributed by atoms with Crippen LogP contribution >= 0.6 is 0 Å². The average molecular weight is 124 g/mol. The van der Waals surface area contributed by atoms with E-state index in [-0.39, 0.29) is 0 Å². The normalized spacial score (nSPS) is 21.4. The molecule has 0 atom stereocenters. The fraction of sp³-hybridized carbons (Fsp3) is 0. The number of allylic oxidation sites excluding steroid dienone is 1. The van der Waals surface area contributed by atoms with Crippen LogP contribution in [0.3, 0.4) is 0 Å². The molecule has 1 aliphatic heterocycles. The molecule has 1 heterocycles. The maximum absolute atomic E-state index is 5.37. The minimum Gasteiger partial charge on any atom is -0.403 e. The highest BCUT2D eigenvalue weighted by Gasteiger charge is 1.98. The van der Waals surface area contributed by atoms with Crippen LogP contribution in [0.2, 0.25) is 0 Å². The standard InChI is InChI=1S/C5H8N4/c6-3-5-1-2-8-4-9(5)7/h1-4H,6-7H2/b5-3-. The van der Waals surface area contributed by atoms with E-state index in [1.165, 1.54) is 17.5 Å². The van der Waals surface area contributed by atoms with E-state index in [9.17, 15) is 0 Å². The lowest BCUT2D eigenvalue weighted by Crippen LogP contribution is -2.29. The molecule has 48 valence electrons. The quantitative estimate of drug-likeness (QED) is 0.428. The van der Waals surface area contributed by atoms with Crippen molar-refractivity contribution >= 4 is 6.34 Å². The molecule has 4 N–H and O–H groups in total. The lowest BCUT2D eigenvalue weighted by atomic mass is 10.4. The zero-order valence-electron chi connectivity index (χ0n) is 4.86. The molecule has 0 bridgehead atoms. The molecule has 1 aliphatic rings. The Labute approximate surface area is 53.1 Å². The summed E-state index contributed by atoms with van der Waals surface area (Å²) in [7, 11) is 0. The Bertz CT molecular complexity index is 179. The summed E-state index contributed by atoms with van der Waals surface area (Å²) < 4.78 is 0. The molecule has 0 unspecified atom stereocenters. The highest BCUT2D eigenvalue weighted by Crippen LogP contribution is 2.00. The molecule has 0 saturated carbocycles. The molecule has 0 fully saturated rings. The summed E-state index contributed by atoms with van der Waals surface area (Å²) >= 11 is 0. The van der Waals surface area contributed by atoms with Crippen molar-refractivity contribution in [2.24, 2.45) is 16.6 Å². The smallest absolute Gasteiger partial charge is 0.110 e. The second-order valence-electron chi connectivity index (χ2n) is 1.58. The third-order valence-corrected chi connectivity index (χ3v) is 0.991. The summed E-state index contributed by atoms with van der Waals surface area (Å²) in [5, 5.41) is 1.35. The number of nitrogens with zero attached hydrogens (tertiary/aromatic N) is 2. The zero-order valence-corrected chi connectivity index (χ0v) is 4.86. The van der Waals surface area contributed by atoms with E-state index in [0.29, 0.717) is 0 Å². The first-order valence-electron chi connectivity index (χ1n) is 2.50. The molecule has 0 aromatic rings. The third kappa shape index (κ3) is 1.09. The van der Waals surface area contributed by atoms with Gasteiger partial charge in [0.05, 0.1) is 5.70 Å². The molecule has 0 aromatic heterocycles. The van der Waals surface area contributed by atoms with Crippen LogP contribution in [0.1, 0.15) is 0 Å². The monoisotopic (exact) mass is 124 g/mol. The van der Waals surface area contributed by atoms with E-state index in [2.05, 4.69) is 4.99 Å². The van der Waals surface area contributed by atoms with Crippen molar-refractivity contribution in [3.8, 4) is 0 Å². The lowest BCUT2D eigenvalue weighted by molar-refractivity contribution is 0.572. The number of aliphatic imine (C=N–C) groups is 1. The van der Waals surface area contributed by atoms with Gasteiger partial charge in [-0.1, -0.05) is 0 Å². The Morgan fingerprint density at radius 2 is 2.44 bits per heavy atom. The second kappa shape index (κ2) is 2.32. The van der Waals surface area contributed by atoms with Gasteiger partial charge in [-0.3, -0.25) is 5.01 Å². The van der Waals surface area contributed by atoms with Crippen molar-refractivity contribution in [1.82, 2.24) is 5.01 Å². The predicted octanol–water partition coefficient (Wildman–Crippen LogP) is -0.482. The van der Waals surface area contributed by atoms with Gasteiger partial charge in [0.15, 0.2) is 0 Å². The molecule has 0 aliphatic carbocycles. The van der Waals surface area contributed by atoms with Gasteiger partial charge < -0.3 is 5.73 Å². The predicted molar refractivity (Wildman–Crippen MR) is 35.9 cm³/mol. The van der Waals surface area contributed by atoms with Gasteiger partial charge in [-0.25, -0.2) is 10.8 Å². The zero-order chi connectivity index (χ0) is 6.69. The van der Waals surface area contributed by atoms with Crippen molar-refractivity contribution in [3.05, 3.63) is 24.2 Å². The van der Waals surface area contributed by atoms with Gasteiger partial charge in [-0.15, -0.1) is 0 Å². The fourth-order valence-corrected chi connectivity index (χ4v) is 0.524. The number of hydrogen-bond acceptors (Lipinski definition) is 4.